The molecule has 1 aliphatic rings. The summed E-state index contributed by atoms with van der Waals surface area (Å²) in [7, 11) is 0. The largest absolute Gasteiger partial charge is 1.00 e. The molecule has 1 rings (SSSR count). The first-order valence-corrected chi connectivity index (χ1v) is 4.49. The summed E-state index contributed by atoms with van der Waals surface area (Å²) in [5.74, 6) is -0.0972. The fraction of sp³-hybridized carbons (Fsp3) is 1.00. The van der Waals surface area contributed by atoms with Crippen LogP contribution in [0.25, 0.3) is 0 Å². The van der Waals surface area contributed by atoms with Crippen molar-refractivity contribution in [3.63, 3.8) is 0 Å². The normalized spacial score (nSPS) is 27.0. The van der Waals surface area contributed by atoms with E-state index in [0.29, 0.717) is 0 Å². The molecule has 0 nitrogen and oxygen atoms in total. The van der Waals surface area contributed by atoms with E-state index in [2.05, 4.69) is 13.8 Å². The number of halogens is 3. The number of hydrogen-bond donors (Lipinski definition) is 0. The fourth-order valence-corrected chi connectivity index (χ4v) is 2.16. The molecule has 0 amide bonds. The topological polar surface area (TPSA) is 0 Å². The molecule has 0 bridgehead atoms. The van der Waals surface area contributed by atoms with Crippen molar-refractivity contribution < 1.29 is 64.3 Å². The van der Waals surface area contributed by atoms with Gasteiger partial charge < -0.3 is 12.9 Å². The first kappa shape index (κ1) is 14.5. The van der Waals surface area contributed by atoms with Crippen molar-refractivity contribution in [2.24, 2.45) is 11.3 Å². The van der Waals surface area contributed by atoms with Gasteiger partial charge in [0.1, 0.15) is 0 Å². The van der Waals surface area contributed by atoms with Crippen LogP contribution >= 0.6 is 0 Å². The minimum Gasteiger partial charge on any atom is -0.449 e. The molecule has 0 saturated heterocycles. The van der Waals surface area contributed by atoms with E-state index in [-0.39, 0.29) is 62.7 Å². The maximum atomic E-state index is 12.0. The fourth-order valence-electron chi connectivity index (χ4n) is 2.16. The Morgan fingerprint density at radius 2 is 1.85 bits per heavy atom. The van der Waals surface area contributed by atoms with Gasteiger partial charge in [-0.15, -0.1) is 0 Å². The van der Waals surface area contributed by atoms with E-state index in [1.165, 1.54) is 0 Å². The molecule has 72 valence electrons. The predicted octanol–water partition coefficient (Wildman–Crippen LogP) is 0.664. The minimum atomic E-state index is -4.56. The van der Waals surface area contributed by atoms with E-state index in [4.69, 9.17) is 0 Å². The molecule has 0 spiro atoms. The van der Waals surface area contributed by atoms with Crippen LogP contribution in [0.4, 0.5) is 12.9 Å². The maximum Gasteiger partial charge on any atom is 1.00 e. The van der Waals surface area contributed by atoms with Crippen molar-refractivity contribution in [2.75, 3.05) is 0 Å². The van der Waals surface area contributed by atoms with Crippen LogP contribution in [0, 0.1) is 11.3 Å². The summed E-state index contributed by atoms with van der Waals surface area (Å²) < 4.78 is 36.1. The molecule has 13 heavy (non-hydrogen) atoms. The monoisotopic (exact) mass is 218 g/mol. The molecule has 1 aliphatic carbocycles. The summed E-state index contributed by atoms with van der Waals surface area (Å²) in [6.07, 6.45) is 1.93. The van der Waals surface area contributed by atoms with Crippen LogP contribution in [0.1, 0.15) is 33.1 Å². The third-order valence-corrected chi connectivity index (χ3v) is 2.67. The molecule has 0 heterocycles. The Labute approximate surface area is 121 Å². The average molecular weight is 218 g/mol. The Bertz CT molecular complexity index is 167. The minimum absolute atomic E-state index is 0. The van der Waals surface area contributed by atoms with E-state index >= 15 is 0 Å². The summed E-state index contributed by atoms with van der Waals surface area (Å²) in [5, 5.41) is 0. The van der Waals surface area contributed by atoms with E-state index in [0.717, 1.165) is 19.3 Å². The van der Waals surface area contributed by atoms with Gasteiger partial charge in [-0.1, -0.05) is 32.5 Å². The Morgan fingerprint density at radius 1 is 1.31 bits per heavy atom. The summed E-state index contributed by atoms with van der Waals surface area (Å²) in [6.45, 7) is -0.456. The van der Waals surface area contributed by atoms with Crippen molar-refractivity contribution in [1.29, 1.82) is 0 Å². The van der Waals surface area contributed by atoms with Crippen LogP contribution in [0.15, 0.2) is 0 Å². The zero-order valence-corrected chi connectivity index (χ0v) is 11.7. The second-order valence-electron chi connectivity index (χ2n) is 4.72. The van der Waals surface area contributed by atoms with Crippen LogP contribution in [-0.4, -0.2) is 6.98 Å². The van der Waals surface area contributed by atoms with Gasteiger partial charge in [0.2, 0.25) is 0 Å². The summed E-state index contributed by atoms with van der Waals surface area (Å²) in [4.78, 5) is 0. The molecular formula is C8H15BF3K. The van der Waals surface area contributed by atoms with Gasteiger partial charge in [-0.25, -0.2) is 0 Å². The molecule has 1 saturated carbocycles. The van der Waals surface area contributed by atoms with Gasteiger partial charge >= 0.3 is 58.4 Å². The predicted molar refractivity (Wildman–Crippen MR) is 45.0 cm³/mol. The van der Waals surface area contributed by atoms with E-state index in [1.54, 1.807) is 0 Å². The quantitative estimate of drug-likeness (QED) is 0.597. The van der Waals surface area contributed by atoms with Crippen LogP contribution < -0.4 is 51.4 Å². The molecule has 1 atom stereocenters. The van der Waals surface area contributed by atoms with E-state index in [9.17, 15) is 12.9 Å². The van der Waals surface area contributed by atoms with Crippen LogP contribution in [0.5, 0.6) is 0 Å². The van der Waals surface area contributed by atoms with Gasteiger partial charge in [-0.2, -0.15) is 0 Å². The third-order valence-electron chi connectivity index (χ3n) is 2.67. The Kier molecular flexibility index (Phi) is 5.59. The molecule has 0 radical (unpaired) electrons. The second-order valence-corrected chi connectivity index (χ2v) is 4.72. The average Bonchev–Trinajstić information content (AvgIpc) is 2.05. The van der Waals surface area contributed by atoms with Gasteiger partial charge in [0, 0.05) is 0 Å². The van der Waals surface area contributed by atoms with Gasteiger partial charge in [0.05, 0.1) is 0 Å². The van der Waals surface area contributed by atoms with Crippen LogP contribution in [-0.2, 0) is 0 Å². The van der Waals surface area contributed by atoms with Crippen molar-refractivity contribution in [3.8, 4) is 0 Å². The van der Waals surface area contributed by atoms with Gasteiger partial charge in [-0.05, 0) is 18.3 Å². The van der Waals surface area contributed by atoms with Gasteiger partial charge in [0.25, 0.3) is 0 Å². The smallest absolute Gasteiger partial charge is 0.449 e. The van der Waals surface area contributed by atoms with Crippen LogP contribution in [0.3, 0.4) is 0 Å². The molecule has 5 heteroatoms. The number of hydrogen-bond acceptors (Lipinski definition) is 0. The maximum absolute atomic E-state index is 12.0. The Morgan fingerprint density at radius 3 is 2.15 bits per heavy atom. The van der Waals surface area contributed by atoms with Crippen molar-refractivity contribution in [2.45, 2.75) is 39.4 Å². The number of rotatable bonds is 2. The van der Waals surface area contributed by atoms with Gasteiger partial charge in [-0.3, -0.25) is 0 Å². The summed E-state index contributed by atoms with van der Waals surface area (Å²) >= 11 is 0. The van der Waals surface area contributed by atoms with Crippen molar-refractivity contribution in [1.82, 2.24) is 0 Å². The van der Waals surface area contributed by atoms with Crippen LogP contribution in [0.2, 0.25) is 6.32 Å². The summed E-state index contributed by atoms with van der Waals surface area (Å²) in [6, 6.07) is 0. The molecule has 1 fully saturated rings. The summed E-state index contributed by atoms with van der Waals surface area (Å²) in [5.41, 5.74) is 0.145. The molecule has 0 aromatic carbocycles. The Balaban J connectivity index is 0.00000144. The first-order valence-electron chi connectivity index (χ1n) is 4.49. The van der Waals surface area contributed by atoms with Gasteiger partial charge in [0.15, 0.2) is 0 Å². The molecule has 0 aromatic heterocycles. The molecule has 0 aliphatic heterocycles. The first-order chi connectivity index (χ1) is 5.29. The zero-order valence-electron chi connectivity index (χ0n) is 8.62. The molecular weight excluding hydrogens is 203 g/mol. The second kappa shape index (κ2) is 5.01. The molecule has 0 N–H and O–H groups in total. The zero-order chi connectivity index (χ0) is 9.41. The van der Waals surface area contributed by atoms with Crippen molar-refractivity contribution in [3.05, 3.63) is 0 Å². The standard InChI is InChI=1S/C8H15BF3.K/c1-8(2)4-3-7(5-8)6-9(10,11)12;/h7H,3-6H2,1-2H3;/q-1;+1. The third kappa shape index (κ3) is 5.82. The van der Waals surface area contributed by atoms with E-state index < -0.39 is 13.3 Å². The molecule has 1 unspecified atom stereocenters. The molecule has 0 aromatic rings. The Hall–Kier alpha value is 1.49. The SMILES string of the molecule is CC1(C)CCC(C[B-](F)(F)F)C1.[K+]. The van der Waals surface area contributed by atoms with Crippen molar-refractivity contribution >= 4 is 6.98 Å². The van der Waals surface area contributed by atoms with E-state index in [1.807, 2.05) is 0 Å².